The van der Waals surface area contributed by atoms with Crippen molar-refractivity contribution in [2.45, 2.75) is 24.4 Å². The van der Waals surface area contributed by atoms with E-state index in [1.807, 2.05) is 0 Å². The topological polar surface area (TPSA) is 90.0 Å². The lowest BCUT2D eigenvalue weighted by Gasteiger charge is -2.15. The lowest BCUT2D eigenvalue weighted by atomic mass is 10.3. The van der Waals surface area contributed by atoms with E-state index in [1.54, 1.807) is 30.2 Å². The molecule has 0 spiro atoms. The Hall–Kier alpha value is -1.57. The van der Waals surface area contributed by atoms with E-state index in [0.29, 0.717) is 12.2 Å². The predicted octanol–water partition coefficient (Wildman–Crippen LogP) is 1.49. The number of nitrogens with zero attached hydrogens (tertiary/aromatic N) is 2. The maximum atomic E-state index is 12.2. The van der Waals surface area contributed by atoms with Crippen molar-refractivity contribution in [3.05, 3.63) is 41.9 Å². The summed E-state index contributed by atoms with van der Waals surface area (Å²) in [5.41, 5.74) is 5.97. The molecule has 1 atom stereocenters. The zero-order valence-corrected chi connectivity index (χ0v) is 12.4. The van der Waals surface area contributed by atoms with Crippen molar-refractivity contribution in [2.24, 2.45) is 0 Å². The van der Waals surface area contributed by atoms with Gasteiger partial charge in [0.15, 0.2) is 0 Å². The fourth-order valence-corrected chi connectivity index (χ4v) is 3.60. The quantitative estimate of drug-likeness (QED) is 0.818. The van der Waals surface area contributed by atoms with Gasteiger partial charge in [-0.05, 0) is 25.1 Å². The second-order valence-corrected chi connectivity index (χ2v) is 6.56. The molecule has 0 bridgehead atoms. The van der Waals surface area contributed by atoms with Crippen LogP contribution in [0.1, 0.15) is 6.92 Å². The Balaban J connectivity index is 2.14. The van der Waals surface area contributed by atoms with Crippen molar-refractivity contribution in [1.82, 2.24) is 14.3 Å². The molecule has 1 unspecified atom stereocenters. The Bertz CT molecular complexity index is 685. The smallest absolute Gasteiger partial charge is 0.242 e. The van der Waals surface area contributed by atoms with Crippen molar-refractivity contribution in [3.63, 3.8) is 0 Å². The van der Waals surface area contributed by atoms with Crippen LogP contribution in [0.5, 0.6) is 0 Å². The van der Waals surface area contributed by atoms with Crippen molar-refractivity contribution in [2.75, 3.05) is 5.73 Å². The number of hydrogen-bond donors (Lipinski definition) is 2. The number of sulfonamides is 1. The number of aromatic nitrogens is 2. The van der Waals surface area contributed by atoms with Crippen LogP contribution in [-0.2, 0) is 16.6 Å². The number of hydrogen-bond acceptors (Lipinski definition) is 4. The average molecular weight is 315 g/mol. The molecule has 1 heterocycles. The van der Waals surface area contributed by atoms with Crippen LogP contribution in [0.2, 0.25) is 5.02 Å². The number of nitrogens with one attached hydrogen (secondary N) is 1. The molecule has 1 aromatic carbocycles. The first kappa shape index (κ1) is 14.8. The molecule has 1 aromatic heterocycles. The van der Waals surface area contributed by atoms with Crippen LogP contribution in [0.15, 0.2) is 41.8 Å². The summed E-state index contributed by atoms with van der Waals surface area (Å²) in [6, 6.07) is 4.00. The highest BCUT2D eigenvalue weighted by Gasteiger charge is 2.20. The molecule has 0 amide bonds. The maximum absolute atomic E-state index is 12.2. The van der Waals surface area contributed by atoms with Crippen LogP contribution in [-0.4, -0.2) is 24.0 Å². The van der Waals surface area contributed by atoms with Crippen molar-refractivity contribution in [1.29, 1.82) is 0 Å². The van der Waals surface area contributed by atoms with Crippen LogP contribution >= 0.6 is 11.6 Å². The van der Waals surface area contributed by atoms with E-state index in [2.05, 4.69) is 9.71 Å². The van der Waals surface area contributed by atoms with Gasteiger partial charge in [0, 0.05) is 30.7 Å². The van der Waals surface area contributed by atoms with Gasteiger partial charge in [-0.2, -0.15) is 0 Å². The van der Waals surface area contributed by atoms with Crippen molar-refractivity contribution >= 4 is 27.3 Å². The summed E-state index contributed by atoms with van der Waals surface area (Å²) in [4.78, 5) is 3.92. The third-order valence-corrected chi connectivity index (χ3v) is 4.72. The Kier molecular flexibility index (Phi) is 4.32. The molecule has 2 rings (SSSR count). The van der Waals surface area contributed by atoms with Gasteiger partial charge in [0.2, 0.25) is 10.0 Å². The highest BCUT2D eigenvalue weighted by Crippen LogP contribution is 2.23. The molecule has 0 aliphatic carbocycles. The van der Waals surface area contributed by atoms with Crippen LogP contribution in [0.3, 0.4) is 0 Å². The summed E-state index contributed by atoms with van der Waals surface area (Å²) in [7, 11) is -3.68. The number of anilines is 1. The van der Waals surface area contributed by atoms with Crippen LogP contribution in [0.25, 0.3) is 0 Å². The summed E-state index contributed by atoms with van der Waals surface area (Å²) in [5.74, 6) is 0. The molecule has 0 aliphatic heterocycles. The van der Waals surface area contributed by atoms with Gasteiger partial charge in [0.05, 0.1) is 11.3 Å². The molecule has 0 fully saturated rings. The normalized spacial score (nSPS) is 13.3. The van der Waals surface area contributed by atoms with Gasteiger partial charge < -0.3 is 10.3 Å². The zero-order valence-electron chi connectivity index (χ0n) is 10.8. The standard InChI is InChI=1S/C12H15ClN4O2S/c1-9(7-17-5-4-15-8-17)16-20(18,19)12-3-2-10(14)6-11(12)13/h2-6,8-9,16H,7,14H2,1H3. The Labute approximate surface area is 122 Å². The van der Waals surface area contributed by atoms with E-state index in [-0.39, 0.29) is 16.0 Å². The van der Waals surface area contributed by atoms with Gasteiger partial charge in [0.25, 0.3) is 0 Å². The molecule has 8 heteroatoms. The van der Waals surface area contributed by atoms with E-state index >= 15 is 0 Å². The molecule has 2 aromatic rings. The molecule has 3 N–H and O–H groups in total. The third kappa shape index (κ3) is 3.50. The van der Waals surface area contributed by atoms with Gasteiger partial charge >= 0.3 is 0 Å². The summed E-state index contributed by atoms with van der Waals surface area (Å²) >= 11 is 5.93. The number of halogens is 1. The third-order valence-electron chi connectivity index (χ3n) is 2.65. The Morgan fingerprint density at radius 1 is 1.50 bits per heavy atom. The summed E-state index contributed by atoms with van der Waals surface area (Å²) in [6.45, 7) is 2.24. The van der Waals surface area contributed by atoms with Crippen LogP contribution in [0, 0.1) is 0 Å². The molecule has 108 valence electrons. The lowest BCUT2D eigenvalue weighted by molar-refractivity contribution is 0.520. The van der Waals surface area contributed by atoms with Gasteiger partial charge in [-0.25, -0.2) is 18.1 Å². The number of nitrogen functional groups attached to an aromatic ring is 1. The summed E-state index contributed by atoms with van der Waals surface area (Å²) in [6.07, 6.45) is 5.03. The van der Waals surface area contributed by atoms with E-state index in [9.17, 15) is 8.42 Å². The van der Waals surface area contributed by atoms with E-state index in [0.717, 1.165) is 0 Å². The molecule has 20 heavy (non-hydrogen) atoms. The number of nitrogens with two attached hydrogens (primary N) is 1. The average Bonchev–Trinajstić information content (AvgIpc) is 2.79. The zero-order chi connectivity index (χ0) is 14.8. The molecule has 0 saturated heterocycles. The van der Waals surface area contributed by atoms with E-state index < -0.39 is 10.0 Å². The first-order valence-corrected chi connectivity index (χ1v) is 7.78. The van der Waals surface area contributed by atoms with Gasteiger partial charge in [-0.15, -0.1) is 0 Å². The first-order chi connectivity index (χ1) is 9.38. The minimum Gasteiger partial charge on any atom is -0.399 e. The summed E-state index contributed by atoms with van der Waals surface area (Å²) in [5, 5.41) is 0.104. The minimum absolute atomic E-state index is 0.0193. The molecule has 0 radical (unpaired) electrons. The maximum Gasteiger partial charge on any atom is 0.242 e. The second kappa shape index (κ2) is 5.82. The Morgan fingerprint density at radius 3 is 2.85 bits per heavy atom. The molecule has 0 saturated carbocycles. The summed E-state index contributed by atoms with van der Waals surface area (Å²) < 4.78 is 28.8. The molecule has 6 nitrogen and oxygen atoms in total. The lowest BCUT2D eigenvalue weighted by Crippen LogP contribution is -2.35. The largest absolute Gasteiger partial charge is 0.399 e. The monoisotopic (exact) mass is 314 g/mol. The SMILES string of the molecule is CC(Cn1ccnc1)NS(=O)(=O)c1ccc(N)cc1Cl. The molecule has 0 aliphatic rings. The Morgan fingerprint density at radius 2 is 2.25 bits per heavy atom. The van der Waals surface area contributed by atoms with E-state index in [1.165, 1.54) is 18.2 Å². The number of imidazole rings is 1. The van der Waals surface area contributed by atoms with Crippen molar-refractivity contribution < 1.29 is 8.42 Å². The number of benzene rings is 1. The molecular weight excluding hydrogens is 300 g/mol. The second-order valence-electron chi connectivity index (χ2n) is 4.47. The molecular formula is C12H15ClN4O2S. The van der Waals surface area contributed by atoms with Crippen LogP contribution in [0.4, 0.5) is 5.69 Å². The van der Waals surface area contributed by atoms with Gasteiger partial charge in [0.1, 0.15) is 4.90 Å². The first-order valence-electron chi connectivity index (χ1n) is 5.91. The highest BCUT2D eigenvalue weighted by atomic mass is 35.5. The van der Waals surface area contributed by atoms with Crippen molar-refractivity contribution in [3.8, 4) is 0 Å². The predicted molar refractivity (Wildman–Crippen MR) is 77.9 cm³/mol. The fourth-order valence-electron chi connectivity index (χ4n) is 1.81. The van der Waals surface area contributed by atoms with Gasteiger partial charge in [-0.3, -0.25) is 0 Å². The highest BCUT2D eigenvalue weighted by molar-refractivity contribution is 7.89. The fraction of sp³-hybridized carbons (Fsp3) is 0.250. The minimum atomic E-state index is -3.68. The van der Waals surface area contributed by atoms with E-state index in [4.69, 9.17) is 17.3 Å². The van der Waals surface area contributed by atoms with Crippen LogP contribution < -0.4 is 10.5 Å². The van der Waals surface area contributed by atoms with Gasteiger partial charge in [-0.1, -0.05) is 11.6 Å². The number of rotatable bonds is 5.